The van der Waals surface area contributed by atoms with Crippen LogP contribution in [0.25, 0.3) is 10.9 Å². The van der Waals surface area contributed by atoms with Gasteiger partial charge in [-0.05, 0) is 11.6 Å². The number of aromatic nitrogens is 1. The largest absolute Gasteiger partial charge is 0.383 e. The van der Waals surface area contributed by atoms with Gasteiger partial charge >= 0.3 is 0 Å². The van der Waals surface area contributed by atoms with Crippen molar-refractivity contribution in [3.05, 3.63) is 42.1 Å². The van der Waals surface area contributed by atoms with Gasteiger partial charge in [0.1, 0.15) is 0 Å². The molecule has 6 heteroatoms. The molecule has 0 aliphatic heterocycles. The molecular weight excluding hydrogens is 306 g/mol. The second kappa shape index (κ2) is 8.40. The van der Waals surface area contributed by atoms with E-state index in [4.69, 9.17) is 4.74 Å². The fourth-order valence-electron chi connectivity index (χ4n) is 2.38. The number of ether oxygens (including phenoxy) is 1. The zero-order valence-corrected chi connectivity index (χ0v) is 14.4. The molecule has 128 valence electrons. The normalized spacial score (nSPS) is 10.6. The Morgan fingerprint density at radius 1 is 1.12 bits per heavy atom. The van der Waals surface area contributed by atoms with Gasteiger partial charge in [0.05, 0.1) is 25.1 Å². The first-order valence-electron chi connectivity index (χ1n) is 7.82. The van der Waals surface area contributed by atoms with Crippen molar-refractivity contribution in [2.75, 3.05) is 40.9 Å². The predicted octanol–water partition coefficient (Wildman–Crippen LogP) is 1.34. The molecule has 1 heterocycles. The fraction of sp³-hybridized carbons (Fsp3) is 0.389. The molecule has 0 N–H and O–H groups in total. The molecule has 24 heavy (non-hydrogen) atoms. The Hall–Kier alpha value is -2.47. The van der Waals surface area contributed by atoms with Gasteiger partial charge < -0.3 is 14.5 Å². The van der Waals surface area contributed by atoms with Crippen molar-refractivity contribution in [2.24, 2.45) is 0 Å². The molecule has 2 rings (SSSR count). The average Bonchev–Trinajstić information content (AvgIpc) is 2.58. The number of nitrogens with zero attached hydrogens (tertiary/aromatic N) is 3. The molecule has 2 amide bonds. The Labute approximate surface area is 142 Å². The summed E-state index contributed by atoms with van der Waals surface area (Å²) in [6, 6.07) is 9.62. The summed E-state index contributed by atoms with van der Waals surface area (Å²) in [4.78, 5) is 32.0. The minimum atomic E-state index is -0.115. The maximum Gasteiger partial charge on any atom is 0.241 e. The highest BCUT2D eigenvalue weighted by Gasteiger charge is 2.19. The molecule has 0 fully saturated rings. The first-order chi connectivity index (χ1) is 11.5. The number of carbonyl (C=O) groups is 2. The van der Waals surface area contributed by atoms with Crippen LogP contribution in [-0.4, -0.2) is 67.5 Å². The third-order valence-corrected chi connectivity index (χ3v) is 3.80. The van der Waals surface area contributed by atoms with Crippen LogP contribution >= 0.6 is 0 Å². The van der Waals surface area contributed by atoms with Crippen molar-refractivity contribution < 1.29 is 14.3 Å². The van der Waals surface area contributed by atoms with Crippen LogP contribution in [0.5, 0.6) is 0 Å². The lowest BCUT2D eigenvalue weighted by molar-refractivity contribution is -0.139. The first-order valence-corrected chi connectivity index (χ1v) is 7.82. The van der Waals surface area contributed by atoms with Crippen LogP contribution in [0.2, 0.25) is 0 Å². The number of fused-ring (bicyclic) bond motifs is 1. The molecule has 0 saturated heterocycles. The Kier molecular flexibility index (Phi) is 6.26. The molecule has 0 saturated carbocycles. The van der Waals surface area contributed by atoms with Gasteiger partial charge in [0.25, 0.3) is 0 Å². The molecule has 0 atom stereocenters. The zero-order chi connectivity index (χ0) is 17.5. The third kappa shape index (κ3) is 4.52. The van der Waals surface area contributed by atoms with E-state index in [1.54, 1.807) is 27.4 Å². The van der Waals surface area contributed by atoms with Gasteiger partial charge in [-0.1, -0.05) is 24.3 Å². The summed E-state index contributed by atoms with van der Waals surface area (Å²) in [5.41, 5.74) is 1.68. The number of pyridine rings is 1. The fourth-order valence-corrected chi connectivity index (χ4v) is 2.38. The number of amides is 2. The van der Waals surface area contributed by atoms with Crippen molar-refractivity contribution in [2.45, 2.75) is 6.42 Å². The van der Waals surface area contributed by atoms with Gasteiger partial charge in [0, 0.05) is 39.3 Å². The summed E-state index contributed by atoms with van der Waals surface area (Å²) < 4.78 is 5.05. The van der Waals surface area contributed by atoms with Crippen molar-refractivity contribution in [3.8, 4) is 0 Å². The minimum absolute atomic E-state index is 0.0490. The van der Waals surface area contributed by atoms with E-state index in [1.165, 1.54) is 9.80 Å². The van der Waals surface area contributed by atoms with Gasteiger partial charge in [0.15, 0.2) is 0 Å². The minimum Gasteiger partial charge on any atom is -0.383 e. The number of hydrogen-bond acceptors (Lipinski definition) is 4. The molecule has 0 bridgehead atoms. The number of methoxy groups -OCH3 is 1. The van der Waals surface area contributed by atoms with Crippen LogP contribution in [0.1, 0.15) is 5.56 Å². The van der Waals surface area contributed by atoms with E-state index in [0.717, 1.165) is 16.5 Å². The molecule has 0 spiro atoms. The van der Waals surface area contributed by atoms with Crippen molar-refractivity contribution in [3.63, 3.8) is 0 Å². The number of hydrogen-bond donors (Lipinski definition) is 0. The van der Waals surface area contributed by atoms with Gasteiger partial charge in [-0.25, -0.2) is 0 Å². The van der Waals surface area contributed by atoms with E-state index >= 15 is 0 Å². The molecule has 6 nitrogen and oxygen atoms in total. The summed E-state index contributed by atoms with van der Waals surface area (Å²) in [5, 5.41) is 0.996. The average molecular weight is 329 g/mol. The number of likely N-dealkylation sites (N-methyl/N-ethyl adjacent to an activating group) is 1. The Balaban J connectivity index is 2.17. The van der Waals surface area contributed by atoms with Crippen molar-refractivity contribution in [1.29, 1.82) is 0 Å². The van der Waals surface area contributed by atoms with E-state index in [0.29, 0.717) is 13.2 Å². The highest BCUT2D eigenvalue weighted by Crippen LogP contribution is 2.17. The Morgan fingerprint density at radius 2 is 1.88 bits per heavy atom. The van der Waals surface area contributed by atoms with Crippen LogP contribution in [0.15, 0.2) is 36.5 Å². The van der Waals surface area contributed by atoms with Crippen molar-refractivity contribution in [1.82, 2.24) is 14.8 Å². The zero-order valence-electron chi connectivity index (χ0n) is 14.4. The number of benzene rings is 1. The summed E-state index contributed by atoms with van der Waals surface area (Å²) in [6.07, 6.45) is 1.92. The standard InChI is InChI=1S/C18H23N3O3/c1-20(2)17(23)13-21(10-11-24-3)16(22)12-15-7-4-6-14-8-5-9-19-18(14)15/h4-9H,10-13H2,1-3H3. The van der Waals surface area contributed by atoms with Crippen LogP contribution in [-0.2, 0) is 20.7 Å². The van der Waals surface area contributed by atoms with Gasteiger partial charge in [0.2, 0.25) is 11.8 Å². The highest BCUT2D eigenvalue weighted by atomic mass is 16.5. The van der Waals surface area contributed by atoms with E-state index in [2.05, 4.69) is 4.98 Å². The number of rotatable bonds is 7. The van der Waals surface area contributed by atoms with E-state index in [9.17, 15) is 9.59 Å². The molecule has 0 radical (unpaired) electrons. The van der Waals surface area contributed by atoms with E-state index in [-0.39, 0.29) is 24.8 Å². The molecule has 0 aliphatic rings. The number of para-hydroxylation sites is 1. The second-order valence-electron chi connectivity index (χ2n) is 5.77. The third-order valence-electron chi connectivity index (χ3n) is 3.80. The summed E-state index contributed by atoms with van der Waals surface area (Å²) >= 11 is 0. The molecule has 1 aromatic carbocycles. The maximum absolute atomic E-state index is 12.7. The lowest BCUT2D eigenvalue weighted by atomic mass is 10.1. The maximum atomic E-state index is 12.7. The lowest BCUT2D eigenvalue weighted by Crippen LogP contribution is -2.42. The monoisotopic (exact) mass is 329 g/mol. The predicted molar refractivity (Wildman–Crippen MR) is 92.6 cm³/mol. The van der Waals surface area contributed by atoms with E-state index < -0.39 is 0 Å². The second-order valence-corrected chi connectivity index (χ2v) is 5.77. The first kappa shape index (κ1) is 17.9. The van der Waals surface area contributed by atoms with Crippen LogP contribution < -0.4 is 0 Å². The Bertz CT molecular complexity index is 710. The smallest absolute Gasteiger partial charge is 0.241 e. The molecule has 2 aromatic rings. The molecular formula is C18H23N3O3. The molecule has 0 unspecified atom stereocenters. The van der Waals surface area contributed by atoms with Crippen molar-refractivity contribution >= 4 is 22.7 Å². The van der Waals surface area contributed by atoms with Crippen LogP contribution in [0.3, 0.4) is 0 Å². The van der Waals surface area contributed by atoms with Gasteiger partial charge in [-0.3, -0.25) is 14.6 Å². The van der Waals surface area contributed by atoms with Crippen LogP contribution in [0, 0.1) is 0 Å². The molecule has 0 aliphatic carbocycles. The van der Waals surface area contributed by atoms with Crippen LogP contribution in [0.4, 0.5) is 0 Å². The summed E-state index contributed by atoms with van der Waals surface area (Å²) in [6.45, 7) is 0.820. The molecule has 1 aromatic heterocycles. The van der Waals surface area contributed by atoms with Gasteiger partial charge in [-0.15, -0.1) is 0 Å². The van der Waals surface area contributed by atoms with E-state index in [1.807, 2.05) is 30.3 Å². The topological polar surface area (TPSA) is 62.7 Å². The number of carbonyl (C=O) groups excluding carboxylic acids is 2. The highest BCUT2D eigenvalue weighted by molar-refractivity contribution is 5.89. The summed E-state index contributed by atoms with van der Waals surface area (Å²) in [7, 11) is 4.93. The Morgan fingerprint density at radius 3 is 2.58 bits per heavy atom. The van der Waals surface area contributed by atoms with Gasteiger partial charge in [-0.2, -0.15) is 0 Å². The summed E-state index contributed by atoms with van der Waals surface area (Å²) in [5.74, 6) is -0.226. The quantitative estimate of drug-likeness (QED) is 0.769. The SMILES string of the molecule is COCCN(CC(=O)N(C)C)C(=O)Cc1cccc2cccnc12. The lowest BCUT2D eigenvalue weighted by Gasteiger charge is -2.23.